The fraction of sp³-hybridized carbons (Fsp3) is 0.625. The third-order valence-electron chi connectivity index (χ3n) is 4.10. The molecule has 0 aliphatic carbocycles. The van der Waals surface area contributed by atoms with E-state index in [1.54, 1.807) is 18.2 Å². The Labute approximate surface area is 142 Å². The highest BCUT2D eigenvalue weighted by Gasteiger charge is 2.26. The summed E-state index contributed by atoms with van der Waals surface area (Å²) in [5.74, 6) is 0. The predicted molar refractivity (Wildman–Crippen MR) is 90.6 cm³/mol. The van der Waals surface area contributed by atoms with Crippen LogP contribution < -0.4 is 0 Å². The summed E-state index contributed by atoms with van der Waals surface area (Å²) in [6.07, 6.45) is -0.966. The van der Waals surface area contributed by atoms with Crippen molar-refractivity contribution in [1.82, 2.24) is 9.80 Å². The lowest BCUT2D eigenvalue weighted by atomic mass is 10.1. The molecule has 1 heterocycles. The fourth-order valence-electron chi connectivity index (χ4n) is 2.96. The van der Waals surface area contributed by atoms with Crippen LogP contribution in [0.25, 0.3) is 0 Å². The second-order valence-electron chi connectivity index (χ2n) is 6.13. The van der Waals surface area contributed by atoms with Crippen LogP contribution in [0.1, 0.15) is 25.5 Å². The van der Waals surface area contributed by atoms with E-state index in [2.05, 4.69) is 16.7 Å². The minimum Gasteiger partial charge on any atom is -0.392 e. The highest BCUT2D eigenvalue weighted by atomic mass is 35.5. The molecule has 2 rings (SSSR count). The van der Waals surface area contributed by atoms with Gasteiger partial charge in [-0.2, -0.15) is 0 Å². The van der Waals surface area contributed by atoms with E-state index < -0.39 is 6.10 Å². The van der Waals surface area contributed by atoms with Gasteiger partial charge in [0.1, 0.15) is 0 Å². The highest BCUT2D eigenvalue weighted by Crippen LogP contribution is 2.27. The van der Waals surface area contributed by atoms with E-state index in [0.29, 0.717) is 34.7 Å². The topological polar surface area (TPSA) is 46.9 Å². The van der Waals surface area contributed by atoms with Gasteiger partial charge in [0, 0.05) is 54.4 Å². The number of rotatable bonds is 5. The first-order chi connectivity index (χ1) is 10.4. The average Bonchev–Trinajstić information content (AvgIpc) is 2.44. The number of aliphatic hydroxyl groups is 2. The van der Waals surface area contributed by atoms with E-state index in [-0.39, 0.29) is 6.10 Å². The maximum Gasteiger partial charge on any atom is 0.0931 e. The number of β-amino-alcohol motifs (C(OH)–C–C–N with tert-alkyl or cyclic N) is 2. The Morgan fingerprint density at radius 2 is 1.95 bits per heavy atom. The summed E-state index contributed by atoms with van der Waals surface area (Å²) >= 11 is 12.1. The molecule has 0 radical (unpaired) electrons. The van der Waals surface area contributed by atoms with Crippen molar-refractivity contribution >= 4 is 23.2 Å². The van der Waals surface area contributed by atoms with Gasteiger partial charge >= 0.3 is 0 Å². The minimum absolute atomic E-state index is 0.315. The summed E-state index contributed by atoms with van der Waals surface area (Å²) in [4.78, 5) is 4.50. The molecule has 4 nitrogen and oxygen atoms in total. The Bertz CT molecular complexity index is 499. The third kappa shape index (κ3) is 4.82. The fourth-order valence-corrected chi connectivity index (χ4v) is 3.38. The van der Waals surface area contributed by atoms with Gasteiger partial charge in [0.05, 0.1) is 12.2 Å². The van der Waals surface area contributed by atoms with Gasteiger partial charge in [-0.05, 0) is 32.0 Å². The summed E-state index contributed by atoms with van der Waals surface area (Å²) in [5, 5.41) is 21.1. The highest BCUT2D eigenvalue weighted by molar-refractivity contribution is 6.33. The summed E-state index contributed by atoms with van der Waals surface area (Å²) in [6, 6.07) is 5.51. The maximum absolute atomic E-state index is 10.4. The van der Waals surface area contributed by atoms with Gasteiger partial charge in [0.15, 0.2) is 0 Å². The Kier molecular flexibility index (Phi) is 6.50. The second kappa shape index (κ2) is 7.95. The van der Waals surface area contributed by atoms with Crippen LogP contribution in [0.4, 0.5) is 0 Å². The molecule has 124 valence electrons. The lowest BCUT2D eigenvalue weighted by Gasteiger charge is -2.41. The molecule has 0 amide bonds. The lowest BCUT2D eigenvalue weighted by molar-refractivity contribution is 0.0240. The van der Waals surface area contributed by atoms with Gasteiger partial charge in [-0.15, -0.1) is 0 Å². The molecule has 1 aliphatic rings. The van der Waals surface area contributed by atoms with Gasteiger partial charge in [0.2, 0.25) is 0 Å². The molecule has 0 unspecified atom stereocenters. The first-order valence-electron chi connectivity index (χ1n) is 7.64. The van der Waals surface area contributed by atoms with Crippen molar-refractivity contribution in [2.75, 3.05) is 32.7 Å². The van der Waals surface area contributed by atoms with Crippen LogP contribution in [0, 0.1) is 0 Å². The van der Waals surface area contributed by atoms with E-state index in [4.69, 9.17) is 23.2 Å². The van der Waals surface area contributed by atoms with Gasteiger partial charge in [-0.1, -0.05) is 23.2 Å². The molecular weight excluding hydrogens is 323 g/mol. The number of hydrogen-bond donors (Lipinski definition) is 2. The van der Waals surface area contributed by atoms with Gasteiger partial charge < -0.3 is 10.2 Å². The number of nitrogens with zero attached hydrogens (tertiary/aromatic N) is 2. The zero-order chi connectivity index (χ0) is 16.3. The summed E-state index contributed by atoms with van der Waals surface area (Å²) < 4.78 is 0. The average molecular weight is 347 g/mol. The molecule has 1 saturated heterocycles. The molecule has 6 heteroatoms. The summed E-state index contributed by atoms with van der Waals surface area (Å²) in [6.45, 7) is 7.80. The smallest absolute Gasteiger partial charge is 0.0931 e. The molecule has 0 saturated carbocycles. The molecule has 2 N–H and O–H groups in total. The Balaban J connectivity index is 1.93. The zero-order valence-electron chi connectivity index (χ0n) is 13.0. The first kappa shape index (κ1) is 18.0. The monoisotopic (exact) mass is 346 g/mol. The molecular formula is C16H24Cl2N2O2. The Hall–Kier alpha value is -0.360. The number of halogens is 2. The number of benzene rings is 1. The van der Waals surface area contributed by atoms with Crippen LogP contribution in [0.3, 0.4) is 0 Å². The van der Waals surface area contributed by atoms with Crippen molar-refractivity contribution in [3.8, 4) is 0 Å². The largest absolute Gasteiger partial charge is 0.392 e. The van der Waals surface area contributed by atoms with Crippen LogP contribution in [-0.2, 0) is 0 Å². The normalized spacial score (nSPS) is 23.5. The third-order valence-corrected chi connectivity index (χ3v) is 4.68. The first-order valence-corrected chi connectivity index (χ1v) is 8.40. The van der Waals surface area contributed by atoms with Crippen molar-refractivity contribution in [1.29, 1.82) is 0 Å². The Morgan fingerprint density at radius 3 is 2.59 bits per heavy atom. The van der Waals surface area contributed by atoms with Crippen molar-refractivity contribution in [3.05, 3.63) is 33.8 Å². The maximum atomic E-state index is 10.4. The van der Waals surface area contributed by atoms with Gasteiger partial charge in [-0.25, -0.2) is 0 Å². The predicted octanol–water partition coefficient (Wildman–Crippen LogP) is 2.41. The van der Waals surface area contributed by atoms with Crippen molar-refractivity contribution in [2.24, 2.45) is 0 Å². The molecule has 1 aromatic carbocycles. The molecule has 1 aromatic rings. The quantitative estimate of drug-likeness (QED) is 0.859. The van der Waals surface area contributed by atoms with Crippen molar-refractivity contribution in [3.63, 3.8) is 0 Å². The number of hydrogen-bond acceptors (Lipinski definition) is 4. The lowest BCUT2D eigenvalue weighted by Crippen LogP contribution is -2.54. The van der Waals surface area contributed by atoms with Gasteiger partial charge in [-0.3, -0.25) is 9.80 Å². The van der Waals surface area contributed by atoms with E-state index >= 15 is 0 Å². The van der Waals surface area contributed by atoms with Crippen molar-refractivity contribution in [2.45, 2.75) is 32.1 Å². The van der Waals surface area contributed by atoms with Crippen molar-refractivity contribution < 1.29 is 10.2 Å². The standard InChI is InChI=1S/C16H24Cl2N2O2/c1-11-8-19(5-6-20(11)9-12(2)21)10-16(22)14-7-13(17)3-4-15(14)18/h3-4,7,11-12,16,21-22H,5-6,8-10H2,1-2H3/t11-,12+,16-/m1/s1. The van der Waals surface area contributed by atoms with Crippen LogP contribution in [-0.4, -0.2) is 64.9 Å². The molecule has 0 aromatic heterocycles. The molecule has 0 spiro atoms. The number of piperazine rings is 1. The molecule has 0 bridgehead atoms. The van der Waals surface area contributed by atoms with Crippen LogP contribution in [0.15, 0.2) is 18.2 Å². The molecule has 1 aliphatic heterocycles. The Morgan fingerprint density at radius 1 is 1.23 bits per heavy atom. The van der Waals surface area contributed by atoms with E-state index in [1.165, 1.54) is 0 Å². The van der Waals surface area contributed by atoms with Crippen LogP contribution in [0.2, 0.25) is 10.0 Å². The van der Waals surface area contributed by atoms with E-state index in [0.717, 1.165) is 19.6 Å². The summed E-state index contributed by atoms with van der Waals surface area (Å²) in [7, 11) is 0. The molecule has 1 fully saturated rings. The molecule has 3 atom stereocenters. The van der Waals surface area contributed by atoms with E-state index in [1.807, 2.05) is 6.92 Å². The number of aliphatic hydroxyl groups excluding tert-OH is 2. The molecule has 22 heavy (non-hydrogen) atoms. The van der Waals surface area contributed by atoms with E-state index in [9.17, 15) is 10.2 Å². The van der Waals surface area contributed by atoms with Gasteiger partial charge in [0.25, 0.3) is 0 Å². The van der Waals surface area contributed by atoms with Crippen LogP contribution >= 0.6 is 23.2 Å². The summed E-state index contributed by atoms with van der Waals surface area (Å²) in [5.41, 5.74) is 0.674. The van der Waals surface area contributed by atoms with Crippen LogP contribution in [0.5, 0.6) is 0 Å². The SMILES string of the molecule is C[C@H](O)CN1CCN(C[C@@H](O)c2cc(Cl)ccc2Cl)C[C@H]1C. The second-order valence-corrected chi connectivity index (χ2v) is 6.98. The minimum atomic E-state index is -0.651. The zero-order valence-corrected chi connectivity index (χ0v) is 14.6.